The Hall–Kier alpha value is -1.50. The number of esters is 1. The summed E-state index contributed by atoms with van der Waals surface area (Å²) in [6, 6.07) is 0. The third-order valence-corrected chi connectivity index (χ3v) is 1.63. The van der Waals surface area contributed by atoms with Gasteiger partial charge in [0.1, 0.15) is 0 Å². The number of rotatable bonds is 3. The molecule has 1 amide bonds. The van der Waals surface area contributed by atoms with Gasteiger partial charge in [-0.1, -0.05) is 5.92 Å². The molecule has 0 aliphatic heterocycles. The summed E-state index contributed by atoms with van der Waals surface area (Å²) in [5, 5.41) is 2.44. The zero-order valence-corrected chi connectivity index (χ0v) is 9.59. The van der Waals surface area contributed by atoms with Crippen LogP contribution in [-0.2, 0) is 14.3 Å². The molecule has 15 heavy (non-hydrogen) atoms. The predicted molar refractivity (Wildman–Crippen MR) is 56.9 cm³/mol. The molecule has 0 saturated carbocycles. The molecule has 0 unspecified atom stereocenters. The van der Waals surface area contributed by atoms with Gasteiger partial charge in [-0.2, -0.15) is 0 Å². The Balaban J connectivity index is 4.15. The lowest BCUT2D eigenvalue weighted by molar-refractivity contribution is -0.162. The van der Waals surface area contributed by atoms with Crippen LogP contribution in [-0.4, -0.2) is 24.5 Å². The van der Waals surface area contributed by atoms with E-state index in [9.17, 15) is 9.59 Å². The Morgan fingerprint density at radius 2 is 2.00 bits per heavy atom. The van der Waals surface area contributed by atoms with E-state index < -0.39 is 17.5 Å². The summed E-state index contributed by atoms with van der Waals surface area (Å²) >= 11 is 0. The molecule has 4 heteroatoms. The highest BCUT2D eigenvalue weighted by Gasteiger charge is 2.27. The van der Waals surface area contributed by atoms with Crippen LogP contribution in [0, 0.1) is 17.8 Å². The molecule has 0 aromatic rings. The van der Waals surface area contributed by atoms with Gasteiger partial charge in [0, 0.05) is 0 Å². The highest BCUT2D eigenvalue weighted by molar-refractivity contribution is 5.84. The molecule has 4 nitrogen and oxygen atoms in total. The van der Waals surface area contributed by atoms with E-state index in [2.05, 4.69) is 11.2 Å². The number of carbonyl (C=O) groups excluding carboxylic acids is 2. The first-order valence-electron chi connectivity index (χ1n) is 4.71. The first-order valence-corrected chi connectivity index (χ1v) is 4.71. The molecule has 0 radical (unpaired) electrons. The van der Waals surface area contributed by atoms with Gasteiger partial charge in [0.25, 0.3) is 5.91 Å². The topological polar surface area (TPSA) is 55.4 Å². The van der Waals surface area contributed by atoms with Gasteiger partial charge < -0.3 is 10.1 Å². The molecule has 0 rings (SSSR count). The first kappa shape index (κ1) is 13.5. The minimum atomic E-state index is -0.815. The van der Waals surface area contributed by atoms with E-state index in [1.807, 2.05) is 0 Å². The maximum atomic E-state index is 11.4. The molecule has 0 heterocycles. The van der Waals surface area contributed by atoms with Gasteiger partial charge in [0.15, 0.2) is 6.10 Å². The highest BCUT2D eigenvalue weighted by atomic mass is 16.5. The maximum Gasteiger partial charge on any atom is 0.311 e. The van der Waals surface area contributed by atoms with E-state index in [1.54, 1.807) is 20.8 Å². The van der Waals surface area contributed by atoms with E-state index >= 15 is 0 Å². The summed E-state index contributed by atoms with van der Waals surface area (Å²) in [6.07, 6.45) is 4.16. The average Bonchev–Trinajstić information content (AvgIpc) is 2.12. The van der Waals surface area contributed by atoms with Crippen LogP contribution in [0.1, 0.15) is 27.7 Å². The zero-order valence-electron chi connectivity index (χ0n) is 9.59. The molecular formula is C11H17NO3. The molecule has 84 valence electrons. The Morgan fingerprint density at radius 3 is 2.40 bits per heavy atom. The zero-order chi connectivity index (χ0) is 12.1. The third-order valence-electron chi connectivity index (χ3n) is 1.63. The van der Waals surface area contributed by atoms with Crippen molar-refractivity contribution in [3.63, 3.8) is 0 Å². The monoisotopic (exact) mass is 211 g/mol. The molecule has 0 fully saturated rings. The van der Waals surface area contributed by atoms with Crippen molar-refractivity contribution in [1.29, 1.82) is 0 Å². The molecule has 0 bridgehead atoms. The Bertz CT molecular complexity index is 283. The standard InChI is InChI=1S/C11H17NO3/c1-6-7-12-9(13)8(2)15-10(14)11(3,4)5/h1,8H,7H2,2-5H3,(H,12,13)/t8-/m0/s1. The Morgan fingerprint density at radius 1 is 1.47 bits per heavy atom. The SMILES string of the molecule is C#CCNC(=O)[C@H](C)OC(=O)C(C)(C)C. The summed E-state index contributed by atoms with van der Waals surface area (Å²) < 4.78 is 4.95. The van der Waals surface area contributed by atoms with Crippen molar-refractivity contribution in [2.24, 2.45) is 5.41 Å². The number of hydrogen-bond donors (Lipinski definition) is 1. The van der Waals surface area contributed by atoms with E-state index in [-0.39, 0.29) is 12.5 Å². The lowest BCUT2D eigenvalue weighted by atomic mass is 9.97. The number of carbonyl (C=O) groups is 2. The highest BCUT2D eigenvalue weighted by Crippen LogP contribution is 2.16. The minimum absolute atomic E-state index is 0.135. The van der Waals surface area contributed by atoms with Crippen molar-refractivity contribution >= 4 is 11.9 Å². The summed E-state index contributed by atoms with van der Waals surface area (Å²) in [5.74, 6) is 1.47. The Labute approximate surface area is 90.4 Å². The summed E-state index contributed by atoms with van der Waals surface area (Å²) in [6.45, 7) is 6.82. The molecule has 0 spiro atoms. The van der Waals surface area contributed by atoms with Crippen molar-refractivity contribution in [2.45, 2.75) is 33.8 Å². The smallest absolute Gasteiger partial charge is 0.311 e. The molecule has 0 aliphatic rings. The van der Waals surface area contributed by atoms with Crippen LogP contribution >= 0.6 is 0 Å². The van der Waals surface area contributed by atoms with Crippen LogP contribution in [0.3, 0.4) is 0 Å². The quantitative estimate of drug-likeness (QED) is 0.552. The largest absolute Gasteiger partial charge is 0.452 e. The van der Waals surface area contributed by atoms with Gasteiger partial charge in [0.05, 0.1) is 12.0 Å². The van der Waals surface area contributed by atoms with Crippen molar-refractivity contribution in [3.05, 3.63) is 0 Å². The van der Waals surface area contributed by atoms with Crippen LogP contribution < -0.4 is 5.32 Å². The van der Waals surface area contributed by atoms with Crippen LogP contribution in [0.2, 0.25) is 0 Å². The molecule has 1 atom stereocenters. The lowest BCUT2D eigenvalue weighted by Gasteiger charge is -2.20. The van der Waals surface area contributed by atoms with Crippen LogP contribution in [0.25, 0.3) is 0 Å². The maximum absolute atomic E-state index is 11.4. The van der Waals surface area contributed by atoms with Crippen LogP contribution in [0.4, 0.5) is 0 Å². The molecule has 1 N–H and O–H groups in total. The molecular weight excluding hydrogens is 194 g/mol. The number of amides is 1. The van der Waals surface area contributed by atoms with Crippen molar-refractivity contribution in [1.82, 2.24) is 5.32 Å². The Kier molecular flexibility index (Phi) is 4.86. The van der Waals surface area contributed by atoms with Gasteiger partial charge in [-0.3, -0.25) is 9.59 Å². The number of hydrogen-bond acceptors (Lipinski definition) is 3. The summed E-state index contributed by atoms with van der Waals surface area (Å²) in [7, 11) is 0. The van der Waals surface area contributed by atoms with Gasteiger partial charge in [0.2, 0.25) is 0 Å². The van der Waals surface area contributed by atoms with Crippen molar-refractivity contribution in [2.75, 3.05) is 6.54 Å². The fourth-order valence-corrected chi connectivity index (χ4v) is 0.673. The number of terminal acetylenes is 1. The van der Waals surface area contributed by atoms with E-state index in [0.717, 1.165) is 0 Å². The molecule has 0 aliphatic carbocycles. The van der Waals surface area contributed by atoms with E-state index in [4.69, 9.17) is 11.2 Å². The van der Waals surface area contributed by atoms with Gasteiger partial charge in [-0.15, -0.1) is 6.42 Å². The fraction of sp³-hybridized carbons (Fsp3) is 0.636. The number of nitrogens with one attached hydrogen (secondary N) is 1. The third kappa shape index (κ3) is 5.06. The predicted octanol–water partition coefficient (Wildman–Crippen LogP) is 0.714. The normalized spacial score (nSPS) is 12.5. The summed E-state index contributed by atoms with van der Waals surface area (Å²) in [5.41, 5.74) is -0.610. The molecule has 0 aromatic heterocycles. The van der Waals surface area contributed by atoms with Crippen molar-refractivity contribution in [3.8, 4) is 12.3 Å². The lowest BCUT2D eigenvalue weighted by Crippen LogP contribution is -2.38. The van der Waals surface area contributed by atoms with Gasteiger partial charge in [-0.25, -0.2) is 0 Å². The van der Waals surface area contributed by atoms with Crippen molar-refractivity contribution < 1.29 is 14.3 Å². The summed E-state index contributed by atoms with van der Waals surface area (Å²) in [4.78, 5) is 22.7. The number of ether oxygens (including phenoxy) is 1. The second kappa shape index (κ2) is 5.40. The van der Waals surface area contributed by atoms with E-state index in [1.165, 1.54) is 6.92 Å². The average molecular weight is 211 g/mol. The fourth-order valence-electron chi connectivity index (χ4n) is 0.673. The van der Waals surface area contributed by atoms with Crippen LogP contribution in [0.15, 0.2) is 0 Å². The first-order chi connectivity index (χ1) is 6.79. The second-order valence-electron chi connectivity index (χ2n) is 4.22. The molecule has 0 aromatic carbocycles. The van der Waals surface area contributed by atoms with Crippen LogP contribution in [0.5, 0.6) is 0 Å². The van der Waals surface area contributed by atoms with Gasteiger partial charge in [-0.05, 0) is 27.7 Å². The molecule has 0 saturated heterocycles. The van der Waals surface area contributed by atoms with Gasteiger partial charge >= 0.3 is 5.97 Å². The second-order valence-corrected chi connectivity index (χ2v) is 4.22. The minimum Gasteiger partial charge on any atom is -0.452 e. The van der Waals surface area contributed by atoms with E-state index in [0.29, 0.717) is 0 Å².